The van der Waals surface area contributed by atoms with Crippen molar-refractivity contribution in [3.63, 3.8) is 0 Å². The van der Waals surface area contributed by atoms with Crippen LogP contribution in [-0.2, 0) is 11.3 Å². The highest BCUT2D eigenvalue weighted by Gasteiger charge is 2.26. The first-order chi connectivity index (χ1) is 6.24. The van der Waals surface area contributed by atoms with Crippen molar-refractivity contribution in [1.82, 2.24) is 4.98 Å². The van der Waals surface area contributed by atoms with Gasteiger partial charge >= 0.3 is 5.97 Å². The van der Waals surface area contributed by atoms with Crippen LogP contribution in [0.25, 0.3) is 0 Å². The van der Waals surface area contributed by atoms with Crippen molar-refractivity contribution in [1.29, 1.82) is 0 Å². The van der Waals surface area contributed by atoms with Crippen LogP contribution >= 0.6 is 0 Å². The Bertz CT molecular complexity index is 374. The fourth-order valence-electron chi connectivity index (χ4n) is 1.45. The van der Waals surface area contributed by atoms with E-state index in [2.05, 4.69) is 10.3 Å². The van der Waals surface area contributed by atoms with Crippen LogP contribution in [0.5, 0.6) is 0 Å². The largest absolute Gasteiger partial charge is 0.457 e. The van der Waals surface area contributed by atoms with E-state index in [9.17, 15) is 4.79 Å². The number of aromatic nitrogens is 1. The number of nitrogens with zero attached hydrogens (tertiary/aromatic N) is 1. The van der Waals surface area contributed by atoms with Gasteiger partial charge < -0.3 is 10.1 Å². The summed E-state index contributed by atoms with van der Waals surface area (Å²) < 4.78 is 4.93. The summed E-state index contributed by atoms with van der Waals surface area (Å²) >= 11 is 0. The summed E-state index contributed by atoms with van der Waals surface area (Å²) in [5.41, 5.74) is 2.53. The average Bonchev–Trinajstić information content (AvgIpc) is 2.51. The summed E-state index contributed by atoms with van der Waals surface area (Å²) in [4.78, 5) is 15.4. The van der Waals surface area contributed by atoms with Crippen molar-refractivity contribution < 1.29 is 9.53 Å². The second-order valence-electron chi connectivity index (χ2n) is 2.97. The van der Waals surface area contributed by atoms with Crippen LogP contribution in [0.15, 0.2) is 6.20 Å². The van der Waals surface area contributed by atoms with Crippen molar-refractivity contribution in [2.45, 2.75) is 13.5 Å². The van der Waals surface area contributed by atoms with Crippen LogP contribution in [0.1, 0.15) is 21.5 Å². The fraction of sp³-hybridized carbons (Fsp3) is 0.333. The van der Waals surface area contributed by atoms with Crippen molar-refractivity contribution in [3.05, 3.63) is 22.9 Å². The maximum Gasteiger partial charge on any atom is 0.342 e. The Morgan fingerprint density at radius 3 is 3.08 bits per heavy atom. The minimum atomic E-state index is -0.282. The van der Waals surface area contributed by atoms with E-state index in [0.29, 0.717) is 18.0 Å². The van der Waals surface area contributed by atoms with Crippen LogP contribution in [-0.4, -0.2) is 18.0 Å². The molecule has 2 heterocycles. The molecule has 0 unspecified atom stereocenters. The van der Waals surface area contributed by atoms with Gasteiger partial charge in [-0.25, -0.2) is 9.78 Å². The summed E-state index contributed by atoms with van der Waals surface area (Å²) in [6, 6.07) is 0. The molecular formula is C9H10N2O2. The van der Waals surface area contributed by atoms with Crippen molar-refractivity contribution >= 4 is 11.8 Å². The molecule has 0 spiro atoms. The van der Waals surface area contributed by atoms with Gasteiger partial charge in [0.25, 0.3) is 0 Å². The molecule has 1 aliphatic heterocycles. The third-order valence-corrected chi connectivity index (χ3v) is 2.19. The summed E-state index contributed by atoms with van der Waals surface area (Å²) in [6.07, 6.45) is 1.74. The number of fused-ring (bicyclic) bond motifs is 1. The Morgan fingerprint density at radius 1 is 1.62 bits per heavy atom. The van der Waals surface area contributed by atoms with Gasteiger partial charge in [0, 0.05) is 18.8 Å². The predicted molar refractivity (Wildman–Crippen MR) is 47.6 cm³/mol. The standard InChI is InChI=1S/C9H10N2O2/c1-5-3-11-8(10-2)7-6(5)4-13-9(7)12/h3H,4H2,1-2H3,(H,10,11). The van der Waals surface area contributed by atoms with E-state index in [-0.39, 0.29) is 5.97 Å². The van der Waals surface area contributed by atoms with Crippen molar-refractivity contribution in [2.75, 3.05) is 12.4 Å². The van der Waals surface area contributed by atoms with E-state index < -0.39 is 0 Å². The van der Waals surface area contributed by atoms with Crippen LogP contribution in [0.4, 0.5) is 5.82 Å². The lowest BCUT2D eigenvalue weighted by atomic mass is 10.1. The highest BCUT2D eigenvalue weighted by Crippen LogP contribution is 2.27. The maximum atomic E-state index is 11.3. The van der Waals surface area contributed by atoms with Crippen molar-refractivity contribution in [2.24, 2.45) is 0 Å². The van der Waals surface area contributed by atoms with Gasteiger partial charge in [0.05, 0.1) is 0 Å². The Hall–Kier alpha value is -1.58. The number of hydrogen-bond acceptors (Lipinski definition) is 4. The van der Waals surface area contributed by atoms with E-state index in [0.717, 1.165) is 11.1 Å². The average molecular weight is 178 g/mol. The molecule has 0 radical (unpaired) electrons. The number of esters is 1. The van der Waals surface area contributed by atoms with Gasteiger partial charge in [-0.2, -0.15) is 0 Å². The summed E-state index contributed by atoms with van der Waals surface area (Å²) in [5, 5.41) is 2.87. The molecule has 0 atom stereocenters. The van der Waals surface area contributed by atoms with E-state index in [4.69, 9.17) is 4.74 Å². The summed E-state index contributed by atoms with van der Waals surface area (Å²) in [5.74, 6) is 0.318. The number of cyclic esters (lactones) is 1. The number of carbonyl (C=O) groups is 1. The molecule has 68 valence electrons. The van der Waals surface area contributed by atoms with Gasteiger partial charge in [0.15, 0.2) is 0 Å². The quantitative estimate of drug-likeness (QED) is 0.654. The number of aryl methyl sites for hydroxylation is 1. The monoisotopic (exact) mass is 178 g/mol. The first kappa shape index (κ1) is 8.04. The van der Waals surface area contributed by atoms with Gasteiger partial charge in [-0.05, 0) is 12.5 Å². The molecule has 1 aromatic rings. The fourth-order valence-corrected chi connectivity index (χ4v) is 1.45. The molecule has 0 fully saturated rings. The molecule has 0 aromatic carbocycles. The molecule has 4 heteroatoms. The van der Waals surface area contributed by atoms with Gasteiger partial charge in [-0.3, -0.25) is 0 Å². The molecule has 4 nitrogen and oxygen atoms in total. The molecule has 0 aliphatic carbocycles. The van der Waals surface area contributed by atoms with Crippen molar-refractivity contribution in [3.8, 4) is 0 Å². The first-order valence-corrected chi connectivity index (χ1v) is 4.07. The topological polar surface area (TPSA) is 51.2 Å². The molecule has 1 N–H and O–H groups in total. The van der Waals surface area contributed by atoms with Gasteiger partial charge in [-0.1, -0.05) is 0 Å². The number of ether oxygens (including phenoxy) is 1. The number of rotatable bonds is 1. The third-order valence-electron chi connectivity index (χ3n) is 2.19. The number of pyridine rings is 1. The van der Waals surface area contributed by atoms with Crippen LogP contribution < -0.4 is 5.32 Å². The number of hydrogen-bond donors (Lipinski definition) is 1. The Morgan fingerprint density at radius 2 is 2.38 bits per heavy atom. The highest BCUT2D eigenvalue weighted by atomic mass is 16.5. The Labute approximate surface area is 75.9 Å². The molecule has 13 heavy (non-hydrogen) atoms. The van der Waals surface area contributed by atoms with E-state index >= 15 is 0 Å². The van der Waals surface area contributed by atoms with Crippen LogP contribution in [0.2, 0.25) is 0 Å². The Kier molecular flexibility index (Phi) is 1.69. The van der Waals surface area contributed by atoms with Gasteiger partial charge in [0.1, 0.15) is 18.0 Å². The highest BCUT2D eigenvalue weighted by molar-refractivity contribution is 5.98. The van der Waals surface area contributed by atoms with E-state index in [1.807, 2.05) is 6.92 Å². The number of nitrogens with one attached hydrogen (secondary N) is 1. The normalized spacial score (nSPS) is 13.8. The minimum Gasteiger partial charge on any atom is -0.457 e. The first-order valence-electron chi connectivity index (χ1n) is 4.07. The molecule has 0 amide bonds. The number of carbonyl (C=O) groups excluding carboxylic acids is 1. The lowest BCUT2D eigenvalue weighted by Gasteiger charge is -2.04. The number of anilines is 1. The lowest BCUT2D eigenvalue weighted by molar-refractivity contribution is 0.0535. The molecule has 0 bridgehead atoms. The molecule has 1 aromatic heterocycles. The predicted octanol–water partition coefficient (Wildman–Crippen LogP) is 1.10. The Balaban J connectivity index is 2.66. The smallest absolute Gasteiger partial charge is 0.342 e. The molecule has 0 saturated carbocycles. The second kappa shape index (κ2) is 2.73. The lowest BCUT2D eigenvalue weighted by Crippen LogP contribution is -2.03. The minimum absolute atomic E-state index is 0.282. The van der Waals surface area contributed by atoms with Crippen LogP contribution in [0, 0.1) is 6.92 Å². The zero-order chi connectivity index (χ0) is 9.42. The van der Waals surface area contributed by atoms with Gasteiger partial charge in [0.2, 0.25) is 0 Å². The third kappa shape index (κ3) is 1.06. The van der Waals surface area contributed by atoms with E-state index in [1.165, 1.54) is 0 Å². The molecular weight excluding hydrogens is 168 g/mol. The van der Waals surface area contributed by atoms with Crippen LogP contribution in [0.3, 0.4) is 0 Å². The zero-order valence-corrected chi connectivity index (χ0v) is 7.55. The van der Waals surface area contributed by atoms with Gasteiger partial charge in [-0.15, -0.1) is 0 Å². The van der Waals surface area contributed by atoms with E-state index in [1.54, 1.807) is 13.2 Å². The molecule has 1 aliphatic rings. The SMILES string of the molecule is CNc1ncc(C)c2c1C(=O)OC2. The molecule has 0 saturated heterocycles. The second-order valence-corrected chi connectivity index (χ2v) is 2.97. The maximum absolute atomic E-state index is 11.3. The summed E-state index contributed by atoms with van der Waals surface area (Å²) in [6.45, 7) is 2.30. The molecule has 2 rings (SSSR count). The zero-order valence-electron chi connectivity index (χ0n) is 7.55. The summed E-state index contributed by atoms with van der Waals surface area (Å²) in [7, 11) is 1.74.